The summed E-state index contributed by atoms with van der Waals surface area (Å²) in [7, 11) is 0. The zero-order chi connectivity index (χ0) is 10.8. The standard InChI is InChI=1S/C8H4BrF3O2/c9-7(13)5-2-1-3-6(4-5)14-8(10,11)12/h1-4H/p+1. The monoisotopic (exact) mass is 269 g/mol. The van der Waals surface area contributed by atoms with Gasteiger partial charge in [0, 0.05) is 0 Å². The van der Waals surface area contributed by atoms with Gasteiger partial charge in [0.05, 0.1) is 21.5 Å². The van der Waals surface area contributed by atoms with Crippen LogP contribution < -0.4 is 4.74 Å². The van der Waals surface area contributed by atoms with Crippen molar-refractivity contribution in [3.05, 3.63) is 29.8 Å². The van der Waals surface area contributed by atoms with Crippen molar-refractivity contribution >= 4 is 20.6 Å². The Morgan fingerprint density at radius 3 is 2.50 bits per heavy atom. The van der Waals surface area contributed by atoms with Crippen molar-refractivity contribution < 1.29 is 22.7 Å². The minimum absolute atomic E-state index is 0.215. The van der Waals surface area contributed by atoms with Gasteiger partial charge in [0.15, 0.2) is 0 Å². The minimum atomic E-state index is -4.72. The predicted octanol–water partition coefficient (Wildman–Crippen LogP) is 2.83. The van der Waals surface area contributed by atoms with Gasteiger partial charge >= 0.3 is 11.1 Å². The van der Waals surface area contributed by atoms with Crippen LogP contribution in [0.3, 0.4) is 0 Å². The lowest BCUT2D eigenvalue weighted by Gasteiger charge is -2.08. The number of carbonyl (C=O) groups excluding carboxylic acids is 1. The minimum Gasteiger partial charge on any atom is -0.406 e. The summed E-state index contributed by atoms with van der Waals surface area (Å²) >= 11 is 2.73. The summed E-state index contributed by atoms with van der Waals surface area (Å²) in [5.74, 6) is -0.374. The largest absolute Gasteiger partial charge is 0.573 e. The van der Waals surface area contributed by atoms with Crippen molar-refractivity contribution in [2.75, 3.05) is 0 Å². The van der Waals surface area contributed by atoms with Gasteiger partial charge in [-0.2, -0.15) is 0 Å². The van der Waals surface area contributed by atoms with Gasteiger partial charge in [-0.3, -0.25) is 4.79 Å². The van der Waals surface area contributed by atoms with E-state index in [1.165, 1.54) is 12.1 Å². The first-order valence-corrected chi connectivity index (χ1v) is 4.25. The summed E-state index contributed by atoms with van der Waals surface area (Å²) in [5.41, 5.74) is 0.215. The van der Waals surface area contributed by atoms with Crippen molar-refractivity contribution in [1.82, 2.24) is 0 Å². The van der Waals surface area contributed by atoms with Crippen LogP contribution >= 0.6 is 15.9 Å². The fourth-order valence-corrected chi connectivity index (χ4v) is 1.07. The Morgan fingerprint density at radius 2 is 2.00 bits per heavy atom. The molecule has 0 fully saturated rings. The Morgan fingerprint density at radius 1 is 1.36 bits per heavy atom. The van der Waals surface area contributed by atoms with Gasteiger partial charge in [-0.25, -0.2) is 0 Å². The van der Waals surface area contributed by atoms with E-state index >= 15 is 0 Å². The molecule has 0 saturated heterocycles. The van der Waals surface area contributed by atoms with E-state index < -0.39 is 6.36 Å². The van der Waals surface area contributed by atoms with Crippen molar-refractivity contribution in [1.29, 1.82) is 0 Å². The molecule has 0 radical (unpaired) electrons. The number of ether oxygens (including phenoxy) is 1. The third kappa shape index (κ3) is 3.37. The fraction of sp³-hybridized carbons (Fsp3) is 0.125. The van der Waals surface area contributed by atoms with Crippen molar-refractivity contribution in [3.63, 3.8) is 0 Å². The predicted molar refractivity (Wildman–Crippen MR) is 48.1 cm³/mol. The zero-order valence-corrected chi connectivity index (χ0v) is 8.26. The van der Waals surface area contributed by atoms with E-state index in [4.69, 9.17) is 4.79 Å². The first-order chi connectivity index (χ1) is 6.38. The second kappa shape index (κ2) is 4.00. The Hall–Kier alpha value is -1.04. The molecular weight excluding hydrogens is 265 g/mol. The maximum absolute atomic E-state index is 11.8. The summed E-state index contributed by atoms with van der Waals surface area (Å²) < 4.78 is 38.7. The molecule has 1 aromatic rings. The molecule has 1 aromatic carbocycles. The molecule has 0 heterocycles. The number of hydrogen-bond acceptors (Lipinski definition) is 1. The maximum atomic E-state index is 11.8. The van der Waals surface area contributed by atoms with E-state index in [0.29, 0.717) is 0 Å². The van der Waals surface area contributed by atoms with Gasteiger partial charge in [-0.15, -0.1) is 13.2 Å². The van der Waals surface area contributed by atoms with Crippen LogP contribution in [0.25, 0.3) is 0 Å². The summed E-state index contributed by atoms with van der Waals surface area (Å²) in [4.78, 5) is 8.94. The lowest BCUT2D eigenvalue weighted by Crippen LogP contribution is -2.17. The molecule has 6 heteroatoms. The average molecular weight is 270 g/mol. The van der Waals surface area contributed by atoms with Gasteiger partial charge < -0.3 is 4.74 Å². The van der Waals surface area contributed by atoms with Crippen LogP contribution in [0.4, 0.5) is 13.2 Å². The molecule has 0 aliphatic rings. The van der Waals surface area contributed by atoms with Crippen molar-refractivity contribution in [2.24, 2.45) is 0 Å². The molecule has 1 N–H and O–H groups in total. The molecule has 0 spiro atoms. The van der Waals surface area contributed by atoms with Crippen molar-refractivity contribution in [3.8, 4) is 5.75 Å². The summed E-state index contributed by atoms with van der Waals surface area (Å²) in [6.45, 7) is 0. The first-order valence-electron chi connectivity index (χ1n) is 3.46. The van der Waals surface area contributed by atoms with Gasteiger partial charge in [0.1, 0.15) is 5.75 Å². The lowest BCUT2D eigenvalue weighted by atomic mass is 10.2. The highest BCUT2D eigenvalue weighted by molar-refractivity contribution is 9.18. The van der Waals surface area contributed by atoms with Gasteiger partial charge in [0.25, 0.3) is 0 Å². The van der Waals surface area contributed by atoms with Gasteiger partial charge in [0.2, 0.25) is 0 Å². The molecule has 76 valence electrons. The second-order valence-electron chi connectivity index (χ2n) is 2.37. The number of alkyl halides is 3. The molecule has 0 aliphatic heterocycles. The molecular formula is C8H5BrF3O2+. The molecule has 1 rings (SSSR count). The summed E-state index contributed by atoms with van der Waals surface area (Å²) in [6, 6.07) is 4.99. The number of benzene rings is 1. The Bertz CT molecular complexity index is 349. The van der Waals surface area contributed by atoms with E-state index in [-0.39, 0.29) is 16.0 Å². The molecule has 0 saturated carbocycles. The molecule has 0 atom stereocenters. The van der Waals surface area contributed by atoms with Gasteiger partial charge in [-0.1, -0.05) is 6.07 Å². The highest BCUT2D eigenvalue weighted by atomic mass is 79.9. The van der Waals surface area contributed by atoms with Crippen LogP contribution in [0.1, 0.15) is 5.56 Å². The van der Waals surface area contributed by atoms with E-state index in [9.17, 15) is 13.2 Å². The summed E-state index contributed by atoms with van der Waals surface area (Å²) in [6.07, 6.45) is -4.72. The fourth-order valence-electron chi connectivity index (χ4n) is 0.822. The van der Waals surface area contributed by atoms with E-state index in [0.717, 1.165) is 12.1 Å². The summed E-state index contributed by atoms with van der Waals surface area (Å²) in [5, 5.41) is 0. The van der Waals surface area contributed by atoms with Crippen LogP contribution in [-0.4, -0.2) is 15.8 Å². The normalized spacial score (nSPS) is 11.1. The highest BCUT2D eigenvalue weighted by Crippen LogP contribution is 2.23. The topological polar surface area (TPSA) is 30.6 Å². The highest BCUT2D eigenvalue weighted by Gasteiger charge is 2.31. The molecule has 2 nitrogen and oxygen atoms in total. The molecule has 0 unspecified atom stereocenters. The van der Waals surface area contributed by atoms with E-state index in [1.54, 1.807) is 0 Å². The van der Waals surface area contributed by atoms with Crippen LogP contribution in [-0.2, 0) is 0 Å². The Kier molecular flexibility index (Phi) is 3.15. The number of rotatable bonds is 2. The van der Waals surface area contributed by atoms with Crippen LogP contribution in [0.5, 0.6) is 5.75 Å². The third-order valence-electron chi connectivity index (χ3n) is 1.31. The maximum Gasteiger partial charge on any atom is 0.573 e. The van der Waals surface area contributed by atoms with E-state index in [2.05, 4.69) is 20.7 Å². The van der Waals surface area contributed by atoms with Crippen LogP contribution in [0.15, 0.2) is 24.3 Å². The molecule has 14 heavy (non-hydrogen) atoms. The second-order valence-corrected chi connectivity index (χ2v) is 3.12. The molecule has 0 aromatic heterocycles. The molecule has 0 amide bonds. The zero-order valence-electron chi connectivity index (χ0n) is 6.68. The Balaban J connectivity index is 2.89. The van der Waals surface area contributed by atoms with Crippen LogP contribution in [0.2, 0.25) is 0 Å². The van der Waals surface area contributed by atoms with E-state index in [1.807, 2.05) is 0 Å². The smallest absolute Gasteiger partial charge is 0.406 e. The molecule has 0 aliphatic carbocycles. The molecule has 0 bridgehead atoms. The van der Waals surface area contributed by atoms with Crippen molar-refractivity contribution in [2.45, 2.75) is 6.36 Å². The SMILES string of the molecule is [OH+]=C(Br)c1cccc(OC(F)(F)F)c1. The number of hydrogen-bond donors (Lipinski definition) is 0. The first kappa shape index (κ1) is 11.0. The van der Waals surface area contributed by atoms with Crippen LogP contribution in [0, 0.1) is 0 Å². The third-order valence-corrected chi connectivity index (χ3v) is 1.76. The quantitative estimate of drug-likeness (QED) is 0.600. The van der Waals surface area contributed by atoms with Gasteiger partial charge in [-0.05, 0) is 18.2 Å². The average Bonchev–Trinajstić information content (AvgIpc) is 2.01. The lowest BCUT2D eigenvalue weighted by molar-refractivity contribution is -0.274. The number of halogens is 4. The Labute approximate surface area is 85.8 Å².